The molecule has 0 bridgehead atoms. The number of amides is 1. The summed E-state index contributed by atoms with van der Waals surface area (Å²) in [5.41, 5.74) is 0.683. The fourth-order valence-electron chi connectivity index (χ4n) is 4.90. The molecule has 2 fully saturated rings. The van der Waals surface area contributed by atoms with E-state index >= 15 is 0 Å². The Labute approximate surface area is 171 Å². The summed E-state index contributed by atoms with van der Waals surface area (Å²) in [6, 6.07) is 5.35. The van der Waals surface area contributed by atoms with Crippen molar-refractivity contribution in [2.24, 2.45) is 5.41 Å². The molecule has 1 atom stereocenters. The highest BCUT2D eigenvalue weighted by Crippen LogP contribution is 2.53. The van der Waals surface area contributed by atoms with Crippen LogP contribution in [0.1, 0.15) is 73.4 Å². The Kier molecular flexibility index (Phi) is 5.23. The van der Waals surface area contributed by atoms with Crippen molar-refractivity contribution in [3.8, 4) is 11.5 Å². The monoisotopic (exact) mass is 398 g/mol. The predicted octanol–water partition coefficient (Wildman–Crippen LogP) is 3.75. The first-order valence-corrected chi connectivity index (χ1v) is 10.4. The van der Waals surface area contributed by atoms with Gasteiger partial charge >= 0.3 is 0 Å². The fourth-order valence-corrected chi connectivity index (χ4v) is 4.90. The molecule has 29 heavy (non-hydrogen) atoms. The van der Waals surface area contributed by atoms with Crippen LogP contribution in [-0.2, 0) is 0 Å². The number of carbonyl (C=O) groups is 1. The number of aromatic amines is 1. The van der Waals surface area contributed by atoms with Crippen molar-refractivity contribution in [1.82, 2.24) is 20.1 Å². The summed E-state index contributed by atoms with van der Waals surface area (Å²) in [6.45, 7) is 5.61. The van der Waals surface area contributed by atoms with Crippen LogP contribution in [0.4, 0.5) is 0 Å². The molecule has 1 spiro atoms. The number of nitrogens with zero attached hydrogens (tertiary/aromatic N) is 3. The SMILES string of the molecule is COc1cc(OC)cc(C(=O)N2CC(c3nc(C(C)C)n[nH]3)C3(CCCC3)C2)c1. The first kappa shape index (κ1) is 19.7. The van der Waals surface area contributed by atoms with Gasteiger partial charge in [0, 0.05) is 36.6 Å². The summed E-state index contributed by atoms with van der Waals surface area (Å²) < 4.78 is 10.7. The van der Waals surface area contributed by atoms with E-state index in [1.54, 1.807) is 32.4 Å². The molecular formula is C22H30N4O3. The van der Waals surface area contributed by atoms with E-state index in [4.69, 9.17) is 14.5 Å². The smallest absolute Gasteiger partial charge is 0.254 e. The summed E-state index contributed by atoms with van der Waals surface area (Å²) in [5.74, 6) is 3.50. The molecule has 156 valence electrons. The first-order valence-electron chi connectivity index (χ1n) is 10.4. The molecule has 1 N–H and O–H groups in total. The summed E-state index contributed by atoms with van der Waals surface area (Å²) in [5, 5.41) is 7.59. The maximum absolute atomic E-state index is 13.4. The van der Waals surface area contributed by atoms with Gasteiger partial charge < -0.3 is 14.4 Å². The largest absolute Gasteiger partial charge is 0.497 e. The van der Waals surface area contributed by atoms with Crippen molar-refractivity contribution in [3.63, 3.8) is 0 Å². The molecule has 1 amide bonds. The number of carbonyl (C=O) groups excluding carboxylic acids is 1. The highest BCUT2D eigenvalue weighted by molar-refractivity contribution is 5.95. The van der Waals surface area contributed by atoms with E-state index < -0.39 is 0 Å². The van der Waals surface area contributed by atoms with Crippen molar-refractivity contribution < 1.29 is 14.3 Å². The Morgan fingerprint density at radius 1 is 1.17 bits per heavy atom. The quantitative estimate of drug-likeness (QED) is 0.830. The van der Waals surface area contributed by atoms with E-state index in [0.29, 0.717) is 23.6 Å². The number of nitrogens with one attached hydrogen (secondary N) is 1. The van der Waals surface area contributed by atoms with Gasteiger partial charge in [-0.1, -0.05) is 26.7 Å². The van der Waals surface area contributed by atoms with Gasteiger partial charge in [-0.05, 0) is 30.4 Å². The summed E-state index contributed by atoms with van der Waals surface area (Å²) in [6.07, 6.45) is 4.66. The third-order valence-electron chi connectivity index (χ3n) is 6.50. The van der Waals surface area contributed by atoms with Gasteiger partial charge in [0.05, 0.1) is 14.2 Å². The maximum atomic E-state index is 13.4. The minimum atomic E-state index is 0.0135. The van der Waals surface area contributed by atoms with E-state index in [1.165, 1.54) is 12.8 Å². The number of likely N-dealkylation sites (tertiary alicyclic amines) is 1. The van der Waals surface area contributed by atoms with Gasteiger partial charge in [0.1, 0.15) is 17.3 Å². The lowest BCUT2D eigenvalue weighted by molar-refractivity contribution is 0.0772. The second kappa shape index (κ2) is 7.69. The van der Waals surface area contributed by atoms with Gasteiger partial charge in [0.2, 0.25) is 0 Å². The van der Waals surface area contributed by atoms with Crippen LogP contribution < -0.4 is 9.47 Å². The molecule has 1 aromatic carbocycles. The number of aromatic nitrogens is 3. The first-order chi connectivity index (χ1) is 14.0. The molecular weight excluding hydrogens is 368 g/mol. The molecule has 7 nitrogen and oxygen atoms in total. The Morgan fingerprint density at radius 2 is 1.83 bits per heavy atom. The molecule has 1 saturated heterocycles. The molecule has 1 unspecified atom stereocenters. The van der Waals surface area contributed by atoms with Gasteiger partial charge in [0.15, 0.2) is 5.82 Å². The number of rotatable bonds is 5. The van der Waals surface area contributed by atoms with Gasteiger partial charge in [-0.3, -0.25) is 9.89 Å². The molecule has 2 heterocycles. The topological polar surface area (TPSA) is 80.3 Å². The van der Waals surface area contributed by atoms with Crippen molar-refractivity contribution in [2.45, 2.75) is 51.4 Å². The molecule has 1 saturated carbocycles. The van der Waals surface area contributed by atoms with E-state index in [2.05, 4.69) is 24.0 Å². The van der Waals surface area contributed by atoms with Crippen molar-refractivity contribution in [2.75, 3.05) is 27.3 Å². The Hall–Kier alpha value is -2.57. The zero-order valence-corrected chi connectivity index (χ0v) is 17.7. The third-order valence-corrected chi connectivity index (χ3v) is 6.50. The van der Waals surface area contributed by atoms with Crippen LogP contribution in [0, 0.1) is 5.41 Å². The van der Waals surface area contributed by atoms with Crippen LogP contribution in [0.25, 0.3) is 0 Å². The minimum absolute atomic E-state index is 0.0135. The van der Waals surface area contributed by atoms with E-state index in [-0.39, 0.29) is 23.2 Å². The predicted molar refractivity (Wildman–Crippen MR) is 110 cm³/mol. The standard InChI is InChI=1S/C22H30N4O3/c1-14(2)19-23-20(25-24-19)18-12-26(13-22(18)7-5-6-8-22)21(27)15-9-16(28-3)11-17(10-15)29-4/h9-11,14,18H,5-8,12-13H2,1-4H3,(H,23,24,25). The molecule has 2 aliphatic rings. The van der Waals surface area contributed by atoms with Crippen LogP contribution in [0.2, 0.25) is 0 Å². The van der Waals surface area contributed by atoms with Gasteiger partial charge in [-0.25, -0.2) is 4.98 Å². The van der Waals surface area contributed by atoms with Gasteiger partial charge in [-0.15, -0.1) is 0 Å². The van der Waals surface area contributed by atoms with Crippen molar-refractivity contribution in [1.29, 1.82) is 0 Å². The number of hydrogen-bond acceptors (Lipinski definition) is 5. The van der Waals surface area contributed by atoms with Crippen molar-refractivity contribution in [3.05, 3.63) is 35.4 Å². The number of methoxy groups -OCH3 is 2. The normalized spacial score (nSPS) is 20.6. The number of ether oxygens (including phenoxy) is 2. The van der Waals surface area contributed by atoms with E-state index in [9.17, 15) is 4.79 Å². The second-order valence-electron chi connectivity index (χ2n) is 8.64. The van der Waals surface area contributed by atoms with Gasteiger partial charge in [0.25, 0.3) is 5.91 Å². The highest BCUT2D eigenvalue weighted by Gasteiger charge is 2.51. The minimum Gasteiger partial charge on any atom is -0.497 e. The van der Waals surface area contributed by atoms with Crippen LogP contribution in [0.5, 0.6) is 11.5 Å². The molecule has 7 heteroatoms. The zero-order chi connectivity index (χ0) is 20.6. The molecule has 1 aliphatic carbocycles. The van der Waals surface area contributed by atoms with E-state index in [0.717, 1.165) is 31.0 Å². The summed E-state index contributed by atoms with van der Waals surface area (Å²) in [7, 11) is 3.19. The lowest BCUT2D eigenvalue weighted by Crippen LogP contribution is -2.31. The second-order valence-corrected chi connectivity index (χ2v) is 8.64. The number of hydrogen-bond donors (Lipinski definition) is 1. The molecule has 0 radical (unpaired) electrons. The lowest BCUT2D eigenvalue weighted by Gasteiger charge is -2.28. The van der Waals surface area contributed by atoms with Crippen molar-refractivity contribution >= 4 is 5.91 Å². The number of H-pyrrole nitrogens is 1. The fraction of sp³-hybridized carbons (Fsp3) is 0.591. The van der Waals surface area contributed by atoms with Crippen LogP contribution >= 0.6 is 0 Å². The lowest BCUT2D eigenvalue weighted by atomic mass is 9.76. The average Bonchev–Trinajstić information content (AvgIpc) is 3.47. The summed E-state index contributed by atoms with van der Waals surface area (Å²) in [4.78, 5) is 20.1. The number of benzene rings is 1. The Morgan fingerprint density at radius 3 is 2.38 bits per heavy atom. The zero-order valence-electron chi connectivity index (χ0n) is 17.7. The van der Waals surface area contributed by atoms with E-state index in [1.807, 2.05) is 4.90 Å². The molecule has 1 aliphatic heterocycles. The van der Waals surface area contributed by atoms with Crippen LogP contribution in [0.3, 0.4) is 0 Å². The molecule has 4 rings (SSSR count). The van der Waals surface area contributed by atoms with Gasteiger partial charge in [-0.2, -0.15) is 5.10 Å². The van der Waals surface area contributed by atoms with Crippen LogP contribution in [-0.4, -0.2) is 53.3 Å². The Balaban J connectivity index is 1.63. The molecule has 1 aromatic heterocycles. The third kappa shape index (κ3) is 3.58. The average molecular weight is 399 g/mol. The summed E-state index contributed by atoms with van der Waals surface area (Å²) >= 11 is 0. The Bertz CT molecular complexity index is 864. The van der Waals surface area contributed by atoms with Crippen LogP contribution in [0.15, 0.2) is 18.2 Å². The highest BCUT2D eigenvalue weighted by atomic mass is 16.5. The maximum Gasteiger partial charge on any atom is 0.254 e. The molecule has 2 aromatic rings.